The molecule has 2 heterocycles. The van der Waals surface area contributed by atoms with Crippen LogP contribution in [0.1, 0.15) is 46.4 Å². The Morgan fingerprint density at radius 3 is 2.29 bits per heavy atom. The highest BCUT2D eigenvalue weighted by Crippen LogP contribution is 2.28. The number of carboxylic acid groups (broad SMARTS) is 2. The zero-order valence-corrected chi connectivity index (χ0v) is 11.2. The lowest BCUT2D eigenvalue weighted by Crippen LogP contribution is -2.26. The normalized spacial score (nSPS) is 10.9. The number of aromatic carboxylic acids is 1. The average molecular weight is 293 g/mol. The summed E-state index contributed by atoms with van der Waals surface area (Å²) in [5.41, 5.74) is 0.372. The summed E-state index contributed by atoms with van der Waals surface area (Å²) in [6, 6.07) is 3.07. The fourth-order valence-corrected chi connectivity index (χ4v) is 2.16. The van der Waals surface area contributed by atoms with Crippen molar-refractivity contribution >= 4 is 29.0 Å². The van der Waals surface area contributed by atoms with Gasteiger partial charge in [-0.3, -0.25) is 9.59 Å². The fraction of sp³-hybridized carbons (Fsp3) is 0.357. The molecule has 2 aromatic rings. The standard InChI is InChI=1S/C14H15NO6/c16-10(17)4-2-1-3-7-15-13(18)11-8-5-6-9(21-8)12(11)14(19)20/h5-6H,1-4,7H2,(H,15,18)(H,16,17)(H,19,20). The zero-order valence-electron chi connectivity index (χ0n) is 11.2. The summed E-state index contributed by atoms with van der Waals surface area (Å²) in [6.07, 6.45) is 1.98. The number of aliphatic carboxylic acids is 1. The Bertz CT molecular complexity index is 659. The van der Waals surface area contributed by atoms with Gasteiger partial charge >= 0.3 is 11.9 Å². The topological polar surface area (TPSA) is 117 Å². The van der Waals surface area contributed by atoms with Crippen molar-refractivity contribution in [1.29, 1.82) is 0 Å². The maximum Gasteiger partial charge on any atom is 0.340 e. The van der Waals surface area contributed by atoms with E-state index in [1.807, 2.05) is 0 Å². The van der Waals surface area contributed by atoms with Gasteiger partial charge in [-0.15, -0.1) is 0 Å². The van der Waals surface area contributed by atoms with E-state index < -0.39 is 17.8 Å². The number of rotatable bonds is 8. The van der Waals surface area contributed by atoms with Crippen LogP contribution in [0.3, 0.4) is 0 Å². The number of benzene rings is 1. The maximum absolute atomic E-state index is 12.0. The van der Waals surface area contributed by atoms with Crippen molar-refractivity contribution < 1.29 is 29.0 Å². The Morgan fingerprint density at radius 2 is 1.67 bits per heavy atom. The number of amides is 1. The molecular weight excluding hydrogens is 278 g/mol. The molecule has 2 rings (SSSR count). The van der Waals surface area contributed by atoms with Crippen molar-refractivity contribution in [3.05, 3.63) is 23.3 Å². The van der Waals surface area contributed by atoms with Crippen LogP contribution in [0.4, 0.5) is 0 Å². The van der Waals surface area contributed by atoms with Crippen molar-refractivity contribution in [3.63, 3.8) is 0 Å². The third kappa shape index (κ3) is 3.31. The van der Waals surface area contributed by atoms with E-state index in [4.69, 9.17) is 14.6 Å². The van der Waals surface area contributed by atoms with E-state index in [0.29, 0.717) is 25.8 Å². The number of furan rings is 2. The second-order valence-electron chi connectivity index (χ2n) is 4.68. The van der Waals surface area contributed by atoms with E-state index >= 15 is 0 Å². The molecule has 2 aromatic heterocycles. The zero-order chi connectivity index (χ0) is 15.4. The number of carbonyl (C=O) groups excluding carboxylic acids is 1. The van der Waals surface area contributed by atoms with Crippen LogP contribution in [-0.2, 0) is 4.79 Å². The smallest absolute Gasteiger partial charge is 0.340 e. The van der Waals surface area contributed by atoms with Gasteiger partial charge in [0, 0.05) is 13.0 Å². The minimum Gasteiger partial charge on any atom is -0.481 e. The first-order chi connectivity index (χ1) is 10.0. The van der Waals surface area contributed by atoms with Gasteiger partial charge in [-0.2, -0.15) is 0 Å². The van der Waals surface area contributed by atoms with E-state index in [-0.39, 0.29) is 28.7 Å². The number of unbranched alkanes of at least 4 members (excludes halogenated alkanes) is 2. The molecule has 0 atom stereocenters. The molecule has 0 saturated carbocycles. The molecule has 7 nitrogen and oxygen atoms in total. The molecule has 7 heteroatoms. The van der Waals surface area contributed by atoms with Gasteiger partial charge in [0.1, 0.15) is 22.3 Å². The second-order valence-corrected chi connectivity index (χ2v) is 4.68. The molecule has 21 heavy (non-hydrogen) atoms. The predicted molar refractivity (Wildman–Crippen MR) is 72.8 cm³/mol. The lowest BCUT2D eigenvalue weighted by molar-refractivity contribution is -0.137. The summed E-state index contributed by atoms with van der Waals surface area (Å²) in [5, 5.41) is 20.2. The highest BCUT2D eigenvalue weighted by atomic mass is 16.4. The van der Waals surface area contributed by atoms with Gasteiger partial charge in [-0.05, 0) is 25.0 Å². The third-order valence-electron chi connectivity index (χ3n) is 3.14. The first-order valence-electron chi connectivity index (χ1n) is 6.59. The van der Waals surface area contributed by atoms with Crippen LogP contribution in [0, 0.1) is 0 Å². The van der Waals surface area contributed by atoms with Crippen LogP contribution >= 0.6 is 0 Å². The Morgan fingerprint density at radius 1 is 1.00 bits per heavy atom. The molecule has 0 unspecified atom stereocenters. The minimum absolute atomic E-state index is 0.0468. The largest absolute Gasteiger partial charge is 0.481 e. The number of carboxylic acids is 2. The van der Waals surface area contributed by atoms with Crippen LogP contribution in [0.2, 0.25) is 0 Å². The van der Waals surface area contributed by atoms with Gasteiger partial charge in [0.2, 0.25) is 0 Å². The molecular formula is C14H15NO6. The first-order valence-corrected chi connectivity index (χ1v) is 6.59. The van der Waals surface area contributed by atoms with E-state index in [0.717, 1.165) is 0 Å². The summed E-state index contributed by atoms with van der Waals surface area (Å²) >= 11 is 0. The lowest BCUT2D eigenvalue weighted by atomic mass is 10.1. The van der Waals surface area contributed by atoms with Crippen molar-refractivity contribution in [2.75, 3.05) is 6.54 Å². The van der Waals surface area contributed by atoms with Gasteiger partial charge in [-0.1, -0.05) is 6.42 Å². The molecule has 2 bridgehead atoms. The van der Waals surface area contributed by atoms with Crippen LogP contribution in [-0.4, -0.2) is 34.6 Å². The molecule has 112 valence electrons. The average Bonchev–Trinajstić information content (AvgIpc) is 3.02. The van der Waals surface area contributed by atoms with Gasteiger partial charge in [0.25, 0.3) is 5.91 Å². The SMILES string of the molecule is O=C(O)CCCCCNC(=O)c1c(C(=O)O)c2ccc1o2. The van der Waals surface area contributed by atoms with Gasteiger partial charge in [0.05, 0.1) is 0 Å². The van der Waals surface area contributed by atoms with Crippen molar-refractivity contribution in [2.24, 2.45) is 0 Å². The van der Waals surface area contributed by atoms with E-state index in [1.165, 1.54) is 6.07 Å². The molecule has 0 aliphatic heterocycles. The predicted octanol–water partition coefficient (Wildman–Crippen LogP) is 1.94. The molecule has 0 aromatic carbocycles. The first kappa shape index (κ1) is 14.8. The monoisotopic (exact) mass is 293 g/mol. The van der Waals surface area contributed by atoms with Crippen molar-refractivity contribution in [2.45, 2.75) is 25.7 Å². The molecule has 0 fully saturated rings. The number of hydrogen-bond donors (Lipinski definition) is 3. The number of nitrogens with one attached hydrogen (secondary N) is 1. The quantitative estimate of drug-likeness (QED) is 0.640. The third-order valence-corrected chi connectivity index (χ3v) is 3.14. The Kier molecular flexibility index (Phi) is 4.42. The van der Waals surface area contributed by atoms with Gasteiger partial charge in [-0.25, -0.2) is 4.79 Å². The second kappa shape index (κ2) is 6.25. The fourth-order valence-electron chi connectivity index (χ4n) is 2.16. The summed E-state index contributed by atoms with van der Waals surface area (Å²) in [7, 11) is 0. The number of carbonyl (C=O) groups is 3. The molecule has 0 saturated heterocycles. The number of fused-ring (bicyclic) bond motifs is 2. The van der Waals surface area contributed by atoms with Crippen LogP contribution < -0.4 is 5.32 Å². The molecule has 0 radical (unpaired) electrons. The van der Waals surface area contributed by atoms with Gasteiger partial charge < -0.3 is 19.9 Å². The van der Waals surface area contributed by atoms with E-state index in [1.54, 1.807) is 6.07 Å². The van der Waals surface area contributed by atoms with Crippen molar-refractivity contribution in [1.82, 2.24) is 5.32 Å². The van der Waals surface area contributed by atoms with E-state index in [9.17, 15) is 14.4 Å². The van der Waals surface area contributed by atoms with Crippen LogP contribution in [0.15, 0.2) is 16.5 Å². The van der Waals surface area contributed by atoms with Crippen LogP contribution in [0.5, 0.6) is 0 Å². The summed E-state index contributed by atoms with van der Waals surface area (Å²) in [4.78, 5) is 33.5. The summed E-state index contributed by atoms with van der Waals surface area (Å²) in [5.74, 6) is -2.52. The molecule has 0 aliphatic carbocycles. The maximum atomic E-state index is 12.0. The summed E-state index contributed by atoms with van der Waals surface area (Å²) < 4.78 is 5.19. The lowest BCUT2D eigenvalue weighted by Gasteiger charge is -2.05. The highest BCUT2D eigenvalue weighted by Gasteiger charge is 2.26. The highest BCUT2D eigenvalue weighted by molar-refractivity contribution is 6.14. The van der Waals surface area contributed by atoms with Crippen molar-refractivity contribution in [3.8, 4) is 0 Å². The van der Waals surface area contributed by atoms with Crippen LogP contribution in [0.25, 0.3) is 11.2 Å². The van der Waals surface area contributed by atoms with Gasteiger partial charge in [0.15, 0.2) is 0 Å². The molecule has 0 spiro atoms. The molecule has 1 amide bonds. The molecule has 0 aliphatic rings. The number of hydrogen-bond acceptors (Lipinski definition) is 4. The summed E-state index contributed by atoms with van der Waals surface area (Å²) in [6.45, 7) is 0.362. The minimum atomic E-state index is -1.20. The Hall–Kier alpha value is -2.57. The van der Waals surface area contributed by atoms with E-state index in [2.05, 4.69) is 5.32 Å². The molecule has 3 N–H and O–H groups in total. The Labute approximate surface area is 119 Å². The Balaban J connectivity index is 1.87.